The van der Waals surface area contributed by atoms with Gasteiger partial charge in [0.05, 0.1) is 17.3 Å². The van der Waals surface area contributed by atoms with E-state index < -0.39 is 27.4 Å². The Hall–Kier alpha value is -5.25. The summed E-state index contributed by atoms with van der Waals surface area (Å²) in [6.45, 7) is 0.739. The molecule has 5 aromatic carbocycles. The van der Waals surface area contributed by atoms with Crippen LogP contribution in [0.25, 0.3) is 11.1 Å². The summed E-state index contributed by atoms with van der Waals surface area (Å²) in [7, 11) is -3.77. The number of hydrogen-bond donors (Lipinski definition) is 2. The second kappa shape index (κ2) is 16.0. The molecule has 2 atom stereocenters. The van der Waals surface area contributed by atoms with Gasteiger partial charge in [-0.2, -0.15) is 0 Å². The number of aliphatic imine (C=N–C) groups is 1. The highest BCUT2D eigenvalue weighted by atomic mass is 32.2. The number of amides is 1. The second-order valence-electron chi connectivity index (χ2n) is 12.2. The molecule has 0 fully saturated rings. The molecule has 50 heavy (non-hydrogen) atoms. The smallest absolute Gasteiger partial charge is 0.252 e. The number of hydrogen-bond acceptors (Lipinski definition) is 7. The largest absolute Gasteiger partial charge is 0.494 e. The van der Waals surface area contributed by atoms with Crippen molar-refractivity contribution >= 4 is 21.6 Å². The van der Waals surface area contributed by atoms with E-state index in [1.807, 2.05) is 84.9 Å². The van der Waals surface area contributed by atoms with E-state index in [-0.39, 0.29) is 29.6 Å². The summed E-state index contributed by atoms with van der Waals surface area (Å²) in [5.41, 5.74) is 2.82. The lowest BCUT2D eigenvalue weighted by atomic mass is 9.84. The molecular weight excluding hydrogens is 649 g/mol. The van der Waals surface area contributed by atoms with Crippen LogP contribution < -0.4 is 10.1 Å². The zero-order valence-corrected chi connectivity index (χ0v) is 28.5. The minimum atomic E-state index is -3.77. The number of aliphatic hydroxyl groups excluding tert-OH is 1. The lowest BCUT2D eigenvalue weighted by Gasteiger charge is -2.30. The molecule has 1 aliphatic rings. The second-order valence-corrected chi connectivity index (χ2v) is 14.3. The van der Waals surface area contributed by atoms with Gasteiger partial charge in [-0.15, -0.1) is 0 Å². The van der Waals surface area contributed by atoms with Gasteiger partial charge in [-0.05, 0) is 65.1 Å². The fraction of sp³-hybridized carbons (Fsp3) is 0.220. The fourth-order valence-corrected chi connectivity index (χ4v) is 7.39. The monoisotopic (exact) mass is 688 g/mol. The van der Waals surface area contributed by atoms with E-state index in [1.165, 1.54) is 0 Å². The highest BCUT2D eigenvalue weighted by molar-refractivity contribution is 7.91. The molecule has 0 unspecified atom stereocenters. The van der Waals surface area contributed by atoms with Gasteiger partial charge in [-0.25, -0.2) is 13.4 Å². The first-order valence-corrected chi connectivity index (χ1v) is 18.4. The van der Waals surface area contributed by atoms with Crippen LogP contribution >= 0.6 is 0 Å². The normalized spacial score (nSPS) is 17.1. The van der Waals surface area contributed by atoms with Gasteiger partial charge >= 0.3 is 0 Å². The number of nitrogens with one attached hydrogen (secondary N) is 1. The van der Waals surface area contributed by atoms with Gasteiger partial charge in [0.15, 0.2) is 21.5 Å². The van der Waals surface area contributed by atoms with E-state index in [2.05, 4.69) is 5.32 Å². The Morgan fingerprint density at radius 1 is 0.780 bits per heavy atom. The minimum Gasteiger partial charge on any atom is -0.494 e. The van der Waals surface area contributed by atoms with Gasteiger partial charge in [0, 0.05) is 31.6 Å². The highest BCUT2D eigenvalue weighted by Crippen LogP contribution is 2.43. The molecule has 9 heteroatoms. The highest BCUT2D eigenvalue weighted by Gasteiger charge is 2.53. The molecule has 256 valence electrons. The molecule has 1 heterocycles. The van der Waals surface area contributed by atoms with Crippen LogP contribution in [0.4, 0.5) is 0 Å². The Morgan fingerprint density at radius 3 is 2.04 bits per heavy atom. The molecule has 0 aromatic heterocycles. The predicted octanol–water partition coefficient (Wildman–Crippen LogP) is 6.59. The maximum Gasteiger partial charge on any atom is 0.252 e. The first-order valence-electron chi connectivity index (χ1n) is 16.7. The Bertz CT molecular complexity index is 1990. The summed E-state index contributed by atoms with van der Waals surface area (Å²) in [5.74, 6) is 0.124. The van der Waals surface area contributed by atoms with Crippen molar-refractivity contribution < 1.29 is 27.8 Å². The molecule has 1 aliphatic heterocycles. The first-order chi connectivity index (χ1) is 24.4. The number of aliphatic hydroxyl groups is 1. The van der Waals surface area contributed by atoms with Crippen LogP contribution in [0.1, 0.15) is 35.6 Å². The summed E-state index contributed by atoms with van der Waals surface area (Å²) in [6, 6.07) is 43.0. The number of ether oxygens (including phenoxy) is 2. The van der Waals surface area contributed by atoms with Crippen molar-refractivity contribution in [1.29, 1.82) is 0 Å². The number of carbonyl (C=O) groups is 1. The van der Waals surface area contributed by atoms with Crippen LogP contribution in [0, 0.1) is 0 Å². The van der Waals surface area contributed by atoms with Crippen molar-refractivity contribution in [3.63, 3.8) is 0 Å². The summed E-state index contributed by atoms with van der Waals surface area (Å²) < 4.78 is 39.6. The number of benzene rings is 5. The van der Waals surface area contributed by atoms with Crippen LogP contribution in [-0.4, -0.2) is 56.4 Å². The van der Waals surface area contributed by atoms with E-state index in [4.69, 9.17) is 19.6 Å². The van der Waals surface area contributed by atoms with Crippen LogP contribution in [0.5, 0.6) is 5.75 Å². The van der Waals surface area contributed by atoms with Crippen molar-refractivity contribution in [2.24, 2.45) is 4.99 Å². The van der Waals surface area contributed by atoms with E-state index in [0.29, 0.717) is 42.9 Å². The zero-order valence-electron chi connectivity index (χ0n) is 27.7. The van der Waals surface area contributed by atoms with Crippen molar-refractivity contribution in [1.82, 2.24) is 5.32 Å². The van der Waals surface area contributed by atoms with Gasteiger partial charge in [-0.3, -0.25) is 4.79 Å². The third-order valence-electron chi connectivity index (χ3n) is 8.75. The lowest BCUT2D eigenvalue weighted by Crippen LogP contribution is -2.49. The molecule has 1 amide bonds. The maximum atomic E-state index is 14.5. The van der Waals surface area contributed by atoms with Crippen LogP contribution in [0.2, 0.25) is 0 Å². The molecule has 0 bridgehead atoms. The molecule has 0 aliphatic carbocycles. The van der Waals surface area contributed by atoms with Gasteiger partial charge in [-0.1, -0.05) is 103 Å². The Balaban J connectivity index is 1.38. The topological polar surface area (TPSA) is 114 Å². The van der Waals surface area contributed by atoms with E-state index in [0.717, 1.165) is 16.7 Å². The van der Waals surface area contributed by atoms with Crippen molar-refractivity contribution in [2.45, 2.75) is 35.8 Å². The molecule has 6 rings (SSSR count). The first kappa shape index (κ1) is 34.6. The minimum absolute atomic E-state index is 0.0337. The van der Waals surface area contributed by atoms with Crippen LogP contribution in [0.3, 0.4) is 0 Å². The molecule has 0 radical (unpaired) electrons. The quantitative estimate of drug-likeness (QED) is 0.120. The van der Waals surface area contributed by atoms with Crippen LogP contribution in [-0.2, 0) is 25.8 Å². The average molecular weight is 689 g/mol. The van der Waals surface area contributed by atoms with Gasteiger partial charge in [0.25, 0.3) is 5.91 Å². The lowest BCUT2D eigenvalue weighted by molar-refractivity contribution is -0.129. The molecule has 2 N–H and O–H groups in total. The van der Waals surface area contributed by atoms with Gasteiger partial charge in [0.1, 0.15) is 5.75 Å². The van der Waals surface area contributed by atoms with E-state index >= 15 is 0 Å². The standard InChI is InChI=1S/C41H40N2O6S/c44-28-10-29-48-36-23-21-35(22-24-36)39-43-41(26-30-50(46,47)37-15-8-3-9-16-37,40(45)42-27-25-31-11-4-1-5-12-31)38(49-39)34-19-17-33(18-20-34)32-13-6-2-7-14-32/h1-9,11-24,38,44H,10,25-30H2,(H,42,45)/t38-,41-/m1/s1. The number of nitrogens with zero attached hydrogens (tertiary/aromatic N) is 1. The van der Waals surface area contributed by atoms with Gasteiger partial charge < -0.3 is 19.9 Å². The summed E-state index contributed by atoms with van der Waals surface area (Å²) in [5, 5.41) is 12.2. The third-order valence-corrected chi connectivity index (χ3v) is 10.5. The molecule has 0 saturated heterocycles. The summed E-state index contributed by atoms with van der Waals surface area (Å²) >= 11 is 0. The van der Waals surface area contributed by atoms with Crippen molar-refractivity contribution in [3.8, 4) is 16.9 Å². The number of carbonyl (C=O) groups excluding carboxylic acids is 1. The van der Waals surface area contributed by atoms with E-state index in [9.17, 15) is 13.2 Å². The SMILES string of the molecule is O=C(NCCc1ccccc1)[C@]1(CCS(=O)(=O)c2ccccc2)N=C(c2ccc(OCCCO)cc2)O[C@@H]1c1ccc(-c2ccccc2)cc1. The molecule has 5 aromatic rings. The predicted molar refractivity (Wildman–Crippen MR) is 195 cm³/mol. The van der Waals surface area contributed by atoms with Crippen molar-refractivity contribution in [3.05, 3.63) is 156 Å². The summed E-state index contributed by atoms with van der Waals surface area (Å²) in [4.78, 5) is 19.7. The maximum absolute atomic E-state index is 14.5. The Morgan fingerprint density at radius 2 is 1.38 bits per heavy atom. The van der Waals surface area contributed by atoms with E-state index in [1.54, 1.807) is 54.6 Å². The molecule has 0 saturated carbocycles. The van der Waals surface area contributed by atoms with Crippen LogP contribution in [0.15, 0.2) is 149 Å². The average Bonchev–Trinajstić information content (AvgIpc) is 3.57. The Labute approximate surface area is 293 Å². The molecule has 8 nitrogen and oxygen atoms in total. The zero-order chi connectivity index (χ0) is 34.8. The third kappa shape index (κ3) is 8.13. The Kier molecular flexibility index (Phi) is 11.1. The molecule has 0 spiro atoms. The number of sulfone groups is 1. The van der Waals surface area contributed by atoms with Crippen molar-refractivity contribution in [2.75, 3.05) is 25.5 Å². The van der Waals surface area contributed by atoms with Gasteiger partial charge in [0.2, 0.25) is 5.90 Å². The fourth-order valence-electron chi connectivity index (χ4n) is 6.01. The summed E-state index contributed by atoms with van der Waals surface area (Å²) in [6.07, 6.45) is 0.0795. The molecular formula is C41H40N2O6S. The number of rotatable bonds is 15.